The standard InChI is InChI=1S/C17H26FNO/c1-14(6-4-12-17(2,3)20)19-13-5-7-15-8-10-16(18)11-9-15/h5,7-11,14,19-20H,4,6,12-13H2,1-3H3. The van der Waals surface area contributed by atoms with Gasteiger partial charge in [0, 0.05) is 12.6 Å². The zero-order chi connectivity index (χ0) is 15.0. The quantitative estimate of drug-likeness (QED) is 0.759. The number of aliphatic hydroxyl groups is 1. The molecule has 0 aromatic heterocycles. The Bertz CT molecular complexity index is 406. The van der Waals surface area contributed by atoms with E-state index in [0.29, 0.717) is 6.04 Å². The summed E-state index contributed by atoms with van der Waals surface area (Å²) in [7, 11) is 0. The Morgan fingerprint density at radius 2 is 1.95 bits per heavy atom. The van der Waals surface area contributed by atoms with Gasteiger partial charge in [-0.05, 0) is 57.7 Å². The molecule has 20 heavy (non-hydrogen) atoms. The second-order valence-corrected chi connectivity index (χ2v) is 5.97. The zero-order valence-electron chi connectivity index (χ0n) is 12.7. The smallest absolute Gasteiger partial charge is 0.123 e. The minimum Gasteiger partial charge on any atom is -0.390 e. The van der Waals surface area contributed by atoms with E-state index < -0.39 is 5.60 Å². The van der Waals surface area contributed by atoms with Crippen LogP contribution >= 0.6 is 0 Å². The van der Waals surface area contributed by atoms with Crippen LogP contribution in [0.25, 0.3) is 6.08 Å². The Morgan fingerprint density at radius 3 is 2.55 bits per heavy atom. The highest BCUT2D eigenvalue weighted by Crippen LogP contribution is 2.13. The van der Waals surface area contributed by atoms with Crippen LogP contribution in [0.5, 0.6) is 0 Å². The van der Waals surface area contributed by atoms with E-state index in [1.807, 2.05) is 26.0 Å². The lowest BCUT2D eigenvalue weighted by atomic mass is 10.00. The summed E-state index contributed by atoms with van der Waals surface area (Å²) < 4.78 is 12.7. The second-order valence-electron chi connectivity index (χ2n) is 5.97. The lowest BCUT2D eigenvalue weighted by molar-refractivity contribution is 0.0675. The molecule has 0 heterocycles. The molecule has 0 aliphatic heterocycles. The Hall–Kier alpha value is -1.19. The first-order valence-corrected chi connectivity index (χ1v) is 7.25. The van der Waals surface area contributed by atoms with Crippen LogP contribution in [0, 0.1) is 5.82 Å². The fraction of sp³-hybridized carbons (Fsp3) is 0.529. The highest BCUT2D eigenvalue weighted by atomic mass is 19.1. The van der Waals surface area contributed by atoms with E-state index >= 15 is 0 Å². The van der Waals surface area contributed by atoms with Crippen LogP contribution in [0.3, 0.4) is 0 Å². The van der Waals surface area contributed by atoms with Gasteiger partial charge in [0.25, 0.3) is 0 Å². The number of hydrogen-bond acceptors (Lipinski definition) is 2. The van der Waals surface area contributed by atoms with Gasteiger partial charge < -0.3 is 10.4 Å². The van der Waals surface area contributed by atoms with Gasteiger partial charge in [-0.2, -0.15) is 0 Å². The summed E-state index contributed by atoms with van der Waals surface area (Å²) >= 11 is 0. The zero-order valence-corrected chi connectivity index (χ0v) is 12.7. The molecule has 1 aromatic carbocycles. The molecule has 0 saturated heterocycles. The van der Waals surface area contributed by atoms with E-state index in [-0.39, 0.29) is 5.82 Å². The van der Waals surface area contributed by atoms with Gasteiger partial charge in [-0.1, -0.05) is 24.3 Å². The lowest BCUT2D eigenvalue weighted by Crippen LogP contribution is -2.27. The average Bonchev–Trinajstić information content (AvgIpc) is 2.35. The van der Waals surface area contributed by atoms with Gasteiger partial charge in [0.05, 0.1) is 5.60 Å². The summed E-state index contributed by atoms with van der Waals surface area (Å²) in [5.41, 5.74) is 0.435. The number of halogens is 1. The van der Waals surface area contributed by atoms with Crippen molar-refractivity contribution >= 4 is 6.08 Å². The van der Waals surface area contributed by atoms with Gasteiger partial charge >= 0.3 is 0 Å². The molecule has 112 valence electrons. The third-order valence-corrected chi connectivity index (χ3v) is 3.19. The van der Waals surface area contributed by atoms with E-state index in [0.717, 1.165) is 31.4 Å². The topological polar surface area (TPSA) is 32.3 Å². The highest BCUT2D eigenvalue weighted by molar-refractivity contribution is 5.48. The predicted molar refractivity (Wildman–Crippen MR) is 83.0 cm³/mol. The van der Waals surface area contributed by atoms with Crippen LogP contribution in [0.4, 0.5) is 4.39 Å². The van der Waals surface area contributed by atoms with Gasteiger partial charge in [-0.25, -0.2) is 4.39 Å². The van der Waals surface area contributed by atoms with Crippen molar-refractivity contribution in [3.05, 3.63) is 41.7 Å². The van der Waals surface area contributed by atoms with Crippen molar-refractivity contribution in [2.75, 3.05) is 6.54 Å². The maximum absolute atomic E-state index is 12.7. The number of rotatable bonds is 8. The summed E-state index contributed by atoms with van der Waals surface area (Å²) in [4.78, 5) is 0. The molecule has 3 heteroatoms. The fourth-order valence-electron chi connectivity index (χ4n) is 1.98. The summed E-state index contributed by atoms with van der Waals surface area (Å²) in [5.74, 6) is -0.208. The summed E-state index contributed by atoms with van der Waals surface area (Å²) in [6.07, 6.45) is 6.91. The second kappa shape index (κ2) is 8.18. The molecule has 0 aliphatic carbocycles. The Labute approximate surface area is 121 Å². The third kappa shape index (κ3) is 8.08. The molecule has 2 nitrogen and oxygen atoms in total. The summed E-state index contributed by atoms with van der Waals surface area (Å²) in [6, 6.07) is 6.88. The molecule has 0 bridgehead atoms. The van der Waals surface area contributed by atoms with Crippen LogP contribution in [0.2, 0.25) is 0 Å². The Kier molecular flexibility index (Phi) is 6.89. The van der Waals surface area contributed by atoms with Crippen molar-refractivity contribution in [3.8, 4) is 0 Å². The number of benzene rings is 1. The maximum Gasteiger partial charge on any atom is 0.123 e. The van der Waals surface area contributed by atoms with Crippen LogP contribution in [-0.2, 0) is 0 Å². The minimum absolute atomic E-state index is 0.208. The van der Waals surface area contributed by atoms with E-state index in [1.165, 1.54) is 12.1 Å². The predicted octanol–water partition coefficient (Wildman–Crippen LogP) is 3.76. The van der Waals surface area contributed by atoms with Crippen molar-refractivity contribution < 1.29 is 9.50 Å². The summed E-state index contributed by atoms with van der Waals surface area (Å²) in [5, 5.41) is 13.0. The van der Waals surface area contributed by atoms with Gasteiger partial charge in [0.1, 0.15) is 5.82 Å². The average molecular weight is 279 g/mol. The van der Waals surface area contributed by atoms with Crippen molar-refractivity contribution in [3.63, 3.8) is 0 Å². The minimum atomic E-state index is -0.567. The van der Waals surface area contributed by atoms with Crippen molar-refractivity contribution in [2.45, 2.75) is 51.7 Å². The largest absolute Gasteiger partial charge is 0.390 e. The van der Waals surface area contributed by atoms with Crippen molar-refractivity contribution in [1.29, 1.82) is 0 Å². The van der Waals surface area contributed by atoms with E-state index in [1.54, 1.807) is 12.1 Å². The third-order valence-electron chi connectivity index (χ3n) is 3.19. The van der Waals surface area contributed by atoms with Crippen molar-refractivity contribution in [1.82, 2.24) is 5.32 Å². The Balaban J connectivity index is 2.18. The lowest BCUT2D eigenvalue weighted by Gasteiger charge is -2.18. The van der Waals surface area contributed by atoms with Crippen LogP contribution < -0.4 is 5.32 Å². The molecule has 1 aromatic rings. The molecule has 1 atom stereocenters. The first kappa shape index (κ1) is 16.9. The van der Waals surface area contributed by atoms with Gasteiger partial charge in [-0.3, -0.25) is 0 Å². The van der Waals surface area contributed by atoms with Crippen LogP contribution in [-0.4, -0.2) is 23.3 Å². The molecular formula is C17H26FNO. The summed E-state index contributed by atoms with van der Waals surface area (Å²) in [6.45, 7) is 6.63. The van der Waals surface area contributed by atoms with Gasteiger partial charge in [-0.15, -0.1) is 0 Å². The number of nitrogens with one attached hydrogen (secondary N) is 1. The van der Waals surface area contributed by atoms with Crippen LogP contribution in [0.1, 0.15) is 45.6 Å². The van der Waals surface area contributed by atoms with Gasteiger partial charge in [0.15, 0.2) is 0 Å². The Morgan fingerprint density at radius 1 is 1.30 bits per heavy atom. The first-order valence-electron chi connectivity index (χ1n) is 7.25. The molecular weight excluding hydrogens is 253 g/mol. The molecule has 1 rings (SSSR count). The maximum atomic E-state index is 12.7. The van der Waals surface area contributed by atoms with Crippen LogP contribution in [0.15, 0.2) is 30.3 Å². The SMILES string of the molecule is CC(CCCC(C)(C)O)NCC=Cc1ccc(F)cc1. The van der Waals surface area contributed by atoms with Crippen molar-refractivity contribution in [2.24, 2.45) is 0 Å². The molecule has 0 fully saturated rings. The molecule has 0 saturated carbocycles. The monoisotopic (exact) mass is 279 g/mol. The first-order chi connectivity index (χ1) is 9.37. The molecule has 0 amide bonds. The van der Waals surface area contributed by atoms with E-state index in [9.17, 15) is 9.50 Å². The molecule has 0 aliphatic rings. The van der Waals surface area contributed by atoms with Gasteiger partial charge in [0.2, 0.25) is 0 Å². The molecule has 2 N–H and O–H groups in total. The van der Waals surface area contributed by atoms with E-state index in [2.05, 4.69) is 12.2 Å². The fourth-order valence-corrected chi connectivity index (χ4v) is 1.98. The molecule has 0 radical (unpaired) electrons. The molecule has 0 spiro atoms. The van der Waals surface area contributed by atoms with E-state index in [4.69, 9.17) is 0 Å². The molecule has 1 unspecified atom stereocenters. The normalized spacial score (nSPS) is 13.8. The highest BCUT2D eigenvalue weighted by Gasteiger charge is 2.12. The number of hydrogen-bond donors (Lipinski definition) is 2.